The van der Waals surface area contributed by atoms with E-state index in [0.717, 1.165) is 25.2 Å². The first kappa shape index (κ1) is 14.4. The molecule has 1 rings (SSSR count). The van der Waals surface area contributed by atoms with Gasteiger partial charge in [-0.1, -0.05) is 39.2 Å². The zero-order chi connectivity index (χ0) is 12.5. The Kier molecular flexibility index (Phi) is 7.11. The van der Waals surface area contributed by atoms with Crippen LogP contribution in [0, 0.1) is 0 Å². The summed E-state index contributed by atoms with van der Waals surface area (Å²) in [7, 11) is 0. The first-order chi connectivity index (χ1) is 8.31. The third-order valence-corrected chi connectivity index (χ3v) is 3.26. The summed E-state index contributed by atoms with van der Waals surface area (Å²) in [5.41, 5.74) is 2.51. The molecule has 0 unspecified atom stereocenters. The van der Waals surface area contributed by atoms with Gasteiger partial charge in [-0.05, 0) is 36.1 Å². The molecule has 0 radical (unpaired) electrons. The van der Waals surface area contributed by atoms with Crippen LogP contribution in [-0.4, -0.2) is 6.61 Å². The van der Waals surface area contributed by atoms with Gasteiger partial charge in [0.05, 0.1) is 6.61 Å². The van der Waals surface area contributed by atoms with E-state index in [1.165, 1.54) is 30.4 Å². The van der Waals surface area contributed by atoms with Gasteiger partial charge in [-0.3, -0.25) is 0 Å². The van der Waals surface area contributed by atoms with Gasteiger partial charge in [-0.25, -0.2) is 0 Å². The van der Waals surface area contributed by atoms with Gasteiger partial charge < -0.3 is 4.74 Å². The quantitative estimate of drug-likeness (QED) is 0.471. The average Bonchev–Trinajstić information content (AvgIpc) is 2.38. The van der Waals surface area contributed by atoms with Gasteiger partial charge in [0.15, 0.2) is 0 Å². The van der Waals surface area contributed by atoms with Crippen molar-refractivity contribution in [2.24, 2.45) is 0 Å². The summed E-state index contributed by atoms with van der Waals surface area (Å²) in [5, 5.41) is 0. The van der Waals surface area contributed by atoms with Gasteiger partial charge >= 0.3 is 0 Å². The predicted molar refractivity (Wildman–Crippen MR) is 75.0 cm³/mol. The van der Waals surface area contributed by atoms with Crippen LogP contribution in [0.15, 0.2) is 18.2 Å². The minimum Gasteiger partial charge on any atom is -0.494 e. The fourth-order valence-electron chi connectivity index (χ4n) is 1.87. The Morgan fingerprint density at radius 2 is 1.88 bits per heavy atom. The number of ether oxygens (including phenoxy) is 1. The van der Waals surface area contributed by atoms with Gasteiger partial charge in [0, 0.05) is 5.88 Å². The molecule has 2 heteroatoms. The van der Waals surface area contributed by atoms with Gasteiger partial charge in [0.25, 0.3) is 0 Å². The molecule has 0 aliphatic carbocycles. The molecule has 96 valence electrons. The van der Waals surface area contributed by atoms with Crippen LogP contribution >= 0.6 is 11.6 Å². The van der Waals surface area contributed by atoms with E-state index < -0.39 is 0 Å². The number of aryl methyl sites for hydroxylation is 1. The summed E-state index contributed by atoms with van der Waals surface area (Å²) in [6.45, 7) is 5.19. The van der Waals surface area contributed by atoms with E-state index in [4.69, 9.17) is 16.3 Å². The maximum absolute atomic E-state index is 5.88. The Labute approximate surface area is 110 Å². The second-order valence-electron chi connectivity index (χ2n) is 4.33. The number of alkyl halides is 1. The van der Waals surface area contributed by atoms with Crippen LogP contribution in [0.3, 0.4) is 0 Å². The molecular weight excluding hydrogens is 232 g/mol. The van der Waals surface area contributed by atoms with E-state index >= 15 is 0 Å². The Morgan fingerprint density at radius 3 is 2.53 bits per heavy atom. The van der Waals surface area contributed by atoms with E-state index in [1.807, 2.05) is 6.07 Å². The summed E-state index contributed by atoms with van der Waals surface area (Å²) >= 11 is 5.88. The molecule has 0 spiro atoms. The zero-order valence-electron chi connectivity index (χ0n) is 11.0. The van der Waals surface area contributed by atoms with Crippen LogP contribution in [0.5, 0.6) is 5.75 Å². The first-order valence-electron chi connectivity index (χ1n) is 6.62. The minimum atomic E-state index is 0.583. The molecule has 1 aromatic carbocycles. The van der Waals surface area contributed by atoms with Gasteiger partial charge in [-0.15, -0.1) is 11.6 Å². The maximum atomic E-state index is 5.88. The van der Waals surface area contributed by atoms with Gasteiger partial charge in [0.2, 0.25) is 0 Å². The van der Waals surface area contributed by atoms with Crippen LogP contribution in [0.2, 0.25) is 0 Å². The lowest BCUT2D eigenvalue weighted by Crippen LogP contribution is -1.99. The highest BCUT2D eigenvalue weighted by Crippen LogP contribution is 2.20. The van der Waals surface area contributed by atoms with Crippen LogP contribution in [0.25, 0.3) is 0 Å². The van der Waals surface area contributed by atoms with E-state index in [1.54, 1.807) is 0 Å². The third kappa shape index (κ3) is 4.99. The van der Waals surface area contributed by atoms with Crippen LogP contribution < -0.4 is 4.74 Å². The molecule has 0 fully saturated rings. The van der Waals surface area contributed by atoms with Gasteiger partial charge in [-0.2, -0.15) is 0 Å². The standard InChI is InChI=1S/C15H23ClO/c1-3-5-6-7-10-17-15-9-8-14(12-16)13(4-2)11-15/h8-9,11H,3-7,10,12H2,1-2H3. The van der Waals surface area contributed by atoms with Crippen molar-refractivity contribution >= 4 is 11.6 Å². The molecule has 0 aromatic heterocycles. The summed E-state index contributed by atoms with van der Waals surface area (Å²) in [6, 6.07) is 6.22. The Morgan fingerprint density at radius 1 is 1.06 bits per heavy atom. The molecule has 0 aliphatic heterocycles. The number of benzene rings is 1. The normalized spacial score (nSPS) is 10.5. The smallest absolute Gasteiger partial charge is 0.119 e. The molecule has 0 N–H and O–H groups in total. The van der Waals surface area contributed by atoms with E-state index in [9.17, 15) is 0 Å². The third-order valence-electron chi connectivity index (χ3n) is 2.97. The molecule has 0 amide bonds. The van der Waals surface area contributed by atoms with Crippen LogP contribution in [0.1, 0.15) is 50.7 Å². The largest absolute Gasteiger partial charge is 0.494 e. The lowest BCUT2D eigenvalue weighted by atomic mass is 10.1. The van der Waals surface area contributed by atoms with Crippen molar-refractivity contribution < 1.29 is 4.74 Å². The maximum Gasteiger partial charge on any atom is 0.119 e. The highest BCUT2D eigenvalue weighted by Gasteiger charge is 2.02. The summed E-state index contributed by atoms with van der Waals surface area (Å²) in [4.78, 5) is 0. The Balaban J connectivity index is 2.43. The lowest BCUT2D eigenvalue weighted by molar-refractivity contribution is 0.304. The van der Waals surface area contributed by atoms with Crippen LogP contribution in [-0.2, 0) is 12.3 Å². The fourth-order valence-corrected chi connectivity index (χ4v) is 2.13. The fraction of sp³-hybridized carbons (Fsp3) is 0.600. The molecule has 0 saturated carbocycles. The molecule has 17 heavy (non-hydrogen) atoms. The van der Waals surface area contributed by atoms with Gasteiger partial charge in [0.1, 0.15) is 5.75 Å². The highest BCUT2D eigenvalue weighted by atomic mass is 35.5. The second-order valence-corrected chi connectivity index (χ2v) is 4.59. The van der Waals surface area contributed by atoms with Crippen molar-refractivity contribution in [3.63, 3.8) is 0 Å². The van der Waals surface area contributed by atoms with Crippen molar-refractivity contribution in [2.45, 2.75) is 51.8 Å². The monoisotopic (exact) mass is 254 g/mol. The number of unbranched alkanes of at least 4 members (excludes halogenated alkanes) is 3. The summed E-state index contributed by atoms with van der Waals surface area (Å²) in [5.74, 6) is 1.56. The number of hydrogen-bond donors (Lipinski definition) is 0. The van der Waals surface area contributed by atoms with E-state index in [-0.39, 0.29) is 0 Å². The summed E-state index contributed by atoms with van der Waals surface area (Å²) < 4.78 is 5.75. The molecule has 0 heterocycles. The molecule has 0 saturated heterocycles. The number of hydrogen-bond acceptors (Lipinski definition) is 1. The minimum absolute atomic E-state index is 0.583. The SMILES string of the molecule is CCCCCCOc1ccc(CCl)c(CC)c1. The highest BCUT2D eigenvalue weighted by molar-refractivity contribution is 6.17. The molecule has 0 atom stereocenters. The van der Waals surface area contributed by atoms with Crippen molar-refractivity contribution in [3.8, 4) is 5.75 Å². The molecule has 1 aromatic rings. The summed E-state index contributed by atoms with van der Waals surface area (Å²) in [6.07, 6.45) is 5.98. The number of rotatable bonds is 8. The zero-order valence-corrected chi connectivity index (χ0v) is 11.7. The van der Waals surface area contributed by atoms with Crippen molar-refractivity contribution in [3.05, 3.63) is 29.3 Å². The molecular formula is C15H23ClO. The second kappa shape index (κ2) is 8.41. The van der Waals surface area contributed by atoms with E-state index in [2.05, 4.69) is 26.0 Å². The first-order valence-corrected chi connectivity index (χ1v) is 7.15. The average molecular weight is 255 g/mol. The number of halogens is 1. The van der Waals surface area contributed by atoms with Crippen molar-refractivity contribution in [2.75, 3.05) is 6.61 Å². The predicted octanol–water partition coefficient (Wildman–Crippen LogP) is 4.95. The molecule has 1 nitrogen and oxygen atoms in total. The Hall–Kier alpha value is -0.690. The lowest BCUT2D eigenvalue weighted by Gasteiger charge is -2.10. The molecule has 0 bridgehead atoms. The topological polar surface area (TPSA) is 9.23 Å². The molecule has 0 aliphatic rings. The Bertz CT molecular complexity index is 323. The van der Waals surface area contributed by atoms with Crippen molar-refractivity contribution in [1.29, 1.82) is 0 Å². The van der Waals surface area contributed by atoms with Crippen LogP contribution in [0.4, 0.5) is 0 Å². The van der Waals surface area contributed by atoms with Crippen molar-refractivity contribution in [1.82, 2.24) is 0 Å². The van der Waals surface area contributed by atoms with E-state index in [0.29, 0.717) is 5.88 Å².